The van der Waals surface area contributed by atoms with Gasteiger partial charge in [0.25, 0.3) is 5.91 Å². The normalized spacial score (nSPS) is 19.2. The number of carbonyl (C=O) groups is 2. The van der Waals surface area contributed by atoms with Gasteiger partial charge in [-0.3, -0.25) is 14.6 Å². The van der Waals surface area contributed by atoms with Gasteiger partial charge in [-0.25, -0.2) is 4.98 Å². The highest BCUT2D eigenvalue weighted by molar-refractivity contribution is 7.80. The Morgan fingerprint density at radius 2 is 1.97 bits per heavy atom. The summed E-state index contributed by atoms with van der Waals surface area (Å²) in [5, 5.41) is 3.16. The number of hydrogen-bond acceptors (Lipinski definition) is 7. The van der Waals surface area contributed by atoms with Crippen LogP contribution in [0, 0.1) is 24.7 Å². The highest BCUT2D eigenvalue weighted by Gasteiger charge is 2.34. The Hall–Kier alpha value is -2.19. The summed E-state index contributed by atoms with van der Waals surface area (Å²) in [6.07, 6.45) is 10.8. The van der Waals surface area contributed by atoms with Gasteiger partial charge in [-0.1, -0.05) is 12.2 Å². The highest BCUT2D eigenvalue weighted by Crippen LogP contribution is 2.40. The number of hydrogen-bond donors (Lipinski definition) is 1. The summed E-state index contributed by atoms with van der Waals surface area (Å²) in [6.45, 7) is 2.68. The average molecular weight is 512 g/mol. The number of ether oxygens (including phenoxy) is 1. The van der Waals surface area contributed by atoms with E-state index in [4.69, 9.17) is 17.0 Å². The van der Waals surface area contributed by atoms with Crippen molar-refractivity contribution in [2.75, 3.05) is 13.7 Å². The molecule has 2 fully saturated rings. The van der Waals surface area contributed by atoms with Gasteiger partial charge in [-0.15, -0.1) is 11.3 Å². The molecule has 1 amide bonds. The first kappa shape index (κ1) is 24.5. The molecule has 0 aliphatic heterocycles. The molecule has 3 aliphatic rings. The van der Waals surface area contributed by atoms with Crippen molar-refractivity contribution < 1.29 is 14.3 Å². The molecular formula is C27H33N3O3S2. The third-order valence-electron chi connectivity index (χ3n) is 7.40. The molecule has 6 nitrogen and oxygen atoms in total. The lowest BCUT2D eigenvalue weighted by molar-refractivity contribution is -0.119. The van der Waals surface area contributed by atoms with E-state index in [9.17, 15) is 9.59 Å². The Bertz CT molecular complexity index is 1150. The number of thiocarbonyl (C=S) groups is 1. The van der Waals surface area contributed by atoms with Gasteiger partial charge in [0, 0.05) is 35.1 Å². The van der Waals surface area contributed by atoms with Gasteiger partial charge in [0.1, 0.15) is 5.78 Å². The zero-order valence-electron chi connectivity index (χ0n) is 20.5. The van der Waals surface area contributed by atoms with E-state index in [1.165, 1.54) is 23.3 Å². The van der Waals surface area contributed by atoms with E-state index in [0.29, 0.717) is 36.3 Å². The minimum atomic E-state index is 0.0142. The van der Waals surface area contributed by atoms with Gasteiger partial charge in [0.15, 0.2) is 0 Å². The van der Waals surface area contributed by atoms with Crippen molar-refractivity contribution in [1.29, 1.82) is 0 Å². The SMILES string of the molecule is COc1cnc(CC(=S)C[C@H]2CCc3sc(CC(=O)C4CC4)c(C(=O)NCC4CC4)c3C2)c(C)n1. The first-order valence-corrected chi connectivity index (χ1v) is 14.0. The molecule has 186 valence electrons. The van der Waals surface area contributed by atoms with Crippen LogP contribution in [0.2, 0.25) is 0 Å². The van der Waals surface area contributed by atoms with Crippen LogP contribution in [0.5, 0.6) is 5.88 Å². The van der Waals surface area contributed by atoms with Crippen LogP contribution >= 0.6 is 23.6 Å². The number of aromatic nitrogens is 2. The molecule has 0 unspecified atom stereocenters. The summed E-state index contributed by atoms with van der Waals surface area (Å²) in [6, 6.07) is 0. The fourth-order valence-electron chi connectivity index (χ4n) is 4.97. The molecule has 35 heavy (non-hydrogen) atoms. The molecule has 2 aromatic rings. The maximum atomic E-state index is 13.3. The number of methoxy groups -OCH3 is 1. The number of amides is 1. The van der Waals surface area contributed by atoms with Crippen LogP contribution in [0.15, 0.2) is 6.20 Å². The smallest absolute Gasteiger partial charge is 0.252 e. The molecule has 0 radical (unpaired) electrons. The van der Waals surface area contributed by atoms with Gasteiger partial charge < -0.3 is 10.1 Å². The van der Waals surface area contributed by atoms with Gasteiger partial charge in [-0.2, -0.15) is 0 Å². The largest absolute Gasteiger partial charge is 0.480 e. The number of nitrogens with one attached hydrogen (secondary N) is 1. The number of thiophene rings is 1. The second kappa shape index (κ2) is 10.4. The van der Waals surface area contributed by atoms with Crippen molar-refractivity contribution in [3.05, 3.63) is 38.5 Å². The molecule has 2 saturated carbocycles. The molecule has 3 aliphatic carbocycles. The third kappa shape index (κ3) is 5.97. The third-order valence-corrected chi connectivity index (χ3v) is 9.00. The van der Waals surface area contributed by atoms with E-state index in [2.05, 4.69) is 15.3 Å². The average Bonchev–Trinajstić information content (AvgIpc) is 3.75. The molecule has 2 aromatic heterocycles. The minimum absolute atomic E-state index is 0.0142. The van der Waals surface area contributed by atoms with Crippen molar-refractivity contribution in [3.8, 4) is 5.88 Å². The van der Waals surface area contributed by atoms with Crippen molar-refractivity contribution in [2.45, 2.75) is 71.1 Å². The van der Waals surface area contributed by atoms with Crippen molar-refractivity contribution in [1.82, 2.24) is 15.3 Å². The maximum Gasteiger partial charge on any atom is 0.252 e. The molecule has 0 aromatic carbocycles. The fourth-order valence-corrected chi connectivity index (χ4v) is 6.70. The van der Waals surface area contributed by atoms with E-state index in [0.717, 1.165) is 71.8 Å². The molecule has 2 heterocycles. The minimum Gasteiger partial charge on any atom is -0.480 e. The van der Waals surface area contributed by atoms with Crippen LogP contribution in [0.3, 0.4) is 0 Å². The van der Waals surface area contributed by atoms with E-state index in [1.54, 1.807) is 24.6 Å². The predicted octanol–water partition coefficient (Wildman–Crippen LogP) is 4.62. The fraction of sp³-hybridized carbons (Fsp3) is 0.593. The summed E-state index contributed by atoms with van der Waals surface area (Å²) in [5.74, 6) is 2.07. The van der Waals surface area contributed by atoms with Gasteiger partial charge in [0.05, 0.1) is 30.3 Å². The summed E-state index contributed by atoms with van der Waals surface area (Å²) in [7, 11) is 1.59. The highest BCUT2D eigenvalue weighted by atomic mass is 32.1. The van der Waals surface area contributed by atoms with Crippen LogP contribution in [0.4, 0.5) is 0 Å². The van der Waals surface area contributed by atoms with Crippen molar-refractivity contribution >= 4 is 40.1 Å². The first-order valence-electron chi connectivity index (χ1n) is 12.7. The molecule has 8 heteroatoms. The maximum absolute atomic E-state index is 13.3. The molecule has 1 atom stereocenters. The zero-order chi connectivity index (χ0) is 24.5. The molecule has 0 saturated heterocycles. The Morgan fingerprint density at radius 1 is 1.17 bits per heavy atom. The first-order chi connectivity index (χ1) is 16.9. The van der Waals surface area contributed by atoms with Crippen molar-refractivity contribution in [2.24, 2.45) is 17.8 Å². The van der Waals surface area contributed by atoms with Crippen LogP contribution in [-0.4, -0.2) is 40.2 Å². The van der Waals surface area contributed by atoms with Gasteiger partial charge in [-0.05, 0) is 80.6 Å². The lowest BCUT2D eigenvalue weighted by Crippen LogP contribution is -2.28. The number of fused-ring (bicyclic) bond motifs is 1. The number of Topliss-reactive ketones (excluding diaryl/α,β-unsaturated/α-hetero) is 1. The second-order valence-electron chi connectivity index (χ2n) is 10.3. The molecule has 5 rings (SSSR count). The number of aryl methyl sites for hydroxylation is 2. The second-order valence-corrected chi connectivity index (χ2v) is 12.1. The molecular weight excluding hydrogens is 478 g/mol. The van der Waals surface area contributed by atoms with Crippen LogP contribution in [0.25, 0.3) is 0 Å². The van der Waals surface area contributed by atoms with Crippen LogP contribution < -0.4 is 10.1 Å². The van der Waals surface area contributed by atoms with Crippen LogP contribution in [-0.2, 0) is 30.5 Å². The number of carbonyl (C=O) groups excluding carboxylic acids is 2. The zero-order valence-corrected chi connectivity index (χ0v) is 22.2. The molecule has 0 spiro atoms. The van der Waals surface area contributed by atoms with Gasteiger partial charge >= 0.3 is 0 Å². The topological polar surface area (TPSA) is 81.2 Å². The van der Waals surface area contributed by atoms with E-state index < -0.39 is 0 Å². The summed E-state index contributed by atoms with van der Waals surface area (Å²) < 4.78 is 5.16. The number of rotatable bonds is 11. The Kier molecular flexibility index (Phi) is 7.30. The Labute approximate surface area is 216 Å². The molecule has 0 bridgehead atoms. The lowest BCUT2D eigenvalue weighted by atomic mass is 9.82. The monoisotopic (exact) mass is 511 g/mol. The summed E-state index contributed by atoms with van der Waals surface area (Å²) >= 11 is 7.47. The quantitative estimate of drug-likeness (QED) is 0.443. The number of nitrogens with zero attached hydrogens (tertiary/aromatic N) is 2. The van der Waals surface area contributed by atoms with E-state index in [-0.39, 0.29) is 11.8 Å². The van der Waals surface area contributed by atoms with Gasteiger partial charge in [0.2, 0.25) is 5.88 Å². The standard InChI is InChI=1S/C27H33N3O3S2/c1-15-21(28-14-25(30-15)33-2)11-19(34)9-17-5-8-23-20(10-17)26(27(32)29-13-16-3-4-16)24(35-23)12-22(31)18-6-7-18/h14,16-18H,3-13H2,1-2H3,(H,29,32)/t17-/m1/s1. The summed E-state index contributed by atoms with van der Waals surface area (Å²) in [5.41, 5.74) is 3.70. The number of ketones is 1. The van der Waals surface area contributed by atoms with E-state index in [1.807, 2.05) is 6.92 Å². The lowest BCUT2D eigenvalue weighted by Gasteiger charge is -2.23. The molecule has 1 N–H and O–H groups in total. The van der Waals surface area contributed by atoms with Crippen molar-refractivity contribution in [3.63, 3.8) is 0 Å². The Balaban J connectivity index is 1.29. The van der Waals surface area contributed by atoms with E-state index >= 15 is 0 Å². The van der Waals surface area contributed by atoms with Crippen LogP contribution in [0.1, 0.15) is 75.6 Å². The Morgan fingerprint density at radius 3 is 2.66 bits per heavy atom. The summed E-state index contributed by atoms with van der Waals surface area (Å²) in [4.78, 5) is 38.1. The predicted molar refractivity (Wildman–Crippen MR) is 141 cm³/mol.